The van der Waals surface area contributed by atoms with E-state index in [1.165, 1.54) is 17.7 Å². The van der Waals surface area contributed by atoms with Crippen LogP contribution in [-0.4, -0.2) is 24.2 Å². The van der Waals surface area contributed by atoms with Crippen LogP contribution < -0.4 is 10.1 Å². The second kappa shape index (κ2) is 8.44. The Balaban J connectivity index is 2.51. The van der Waals surface area contributed by atoms with Crippen LogP contribution in [0.3, 0.4) is 0 Å². The number of nitrogens with one attached hydrogen (secondary N) is 1. The molecule has 0 saturated carbocycles. The zero-order chi connectivity index (χ0) is 13.4. The molecule has 0 aliphatic heterocycles. The van der Waals surface area contributed by atoms with Gasteiger partial charge in [-0.25, -0.2) is 0 Å². The molecule has 3 heteroatoms. The molecular weight excluding hydrogens is 242 g/mol. The van der Waals surface area contributed by atoms with Gasteiger partial charge < -0.3 is 10.1 Å². The number of hydrogen-bond acceptors (Lipinski definition) is 3. The Labute approximate surface area is 116 Å². The number of ether oxygens (including phenoxy) is 1. The summed E-state index contributed by atoms with van der Waals surface area (Å²) < 4.78 is 5.70. The van der Waals surface area contributed by atoms with Gasteiger partial charge in [-0.1, -0.05) is 19.1 Å². The molecule has 1 atom stereocenters. The maximum atomic E-state index is 5.70. The summed E-state index contributed by atoms with van der Waals surface area (Å²) in [4.78, 5) is 0. The first-order valence-corrected chi connectivity index (χ1v) is 8.03. The van der Waals surface area contributed by atoms with Gasteiger partial charge in [0.15, 0.2) is 0 Å². The van der Waals surface area contributed by atoms with Crippen LogP contribution in [0.15, 0.2) is 24.3 Å². The van der Waals surface area contributed by atoms with Crippen molar-refractivity contribution < 1.29 is 4.74 Å². The minimum absolute atomic E-state index is 0.230. The van der Waals surface area contributed by atoms with E-state index in [0.29, 0.717) is 6.04 Å². The molecule has 0 aromatic heterocycles. The normalized spacial score (nSPS) is 12.7. The third kappa shape index (κ3) is 5.78. The van der Waals surface area contributed by atoms with Crippen molar-refractivity contribution in [1.82, 2.24) is 5.32 Å². The zero-order valence-electron chi connectivity index (χ0n) is 11.9. The van der Waals surface area contributed by atoms with Crippen molar-refractivity contribution >= 4 is 11.8 Å². The van der Waals surface area contributed by atoms with Crippen LogP contribution >= 0.6 is 11.8 Å². The second-order valence-corrected chi connectivity index (χ2v) is 5.67. The molecular formula is C15H25NOS. The molecule has 0 bridgehead atoms. The standard InChI is InChI=1S/C15H25NOS/c1-5-14(11-18-4)16-10-13-7-6-8-15(9-13)17-12(2)3/h6-9,12,14,16H,5,10-11H2,1-4H3. The Morgan fingerprint density at radius 1 is 1.33 bits per heavy atom. The summed E-state index contributed by atoms with van der Waals surface area (Å²) in [5.74, 6) is 2.13. The molecule has 2 nitrogen and oxygen atoms in total. The fraction of sp³-hybridized carbons (Fsp3) is 0.600. The largest absolute Gasteiger partial charge is 0.491 e. The van der Waals surface area contributed by atoms with Gasteiger partial charge in [0.25, 0.3) is 0 Å². The summed E-state index contributed by atoms with van der Waals surface area (Å²) >= 11 is 1.89. The van der Waals surface area contributed by atoms with Crippen molar-refractivity contribution in [1.29, 1.82) is 0 Å². The van der Waals surface area contributed by atoms with Crippen LogP contribution in [0.5, 0.6) is 5.75 Å². The Kier molecular flexibility index (Phi) is 7.21. The lowest BCUT2D eigenvalue weighted by Gasteiger charge is -2.16. The average molecular weight is 267 g/mol. The van der Waals surface area contributed by atoms with Gasteiger partial charge >= 0.3 is 0 Å². The van der Waals surface area contributed by atoms with Crippen molar-refractivity contribution in [2.24, 2.45) is 0 Å². The maximum Gasteiger partial charge on any atom is 0.120 e. The summed E-state index contributed by atoms with van der Waals surface area (Å²) in [6.45, 7) is 7.24. The molecule has 102 valence electrons. The molecule has 0 spiro atoms. The number of thioether (sulfide) groups is 1. The van der Waals surface area contributed by atoms with Crippen LogP contribution in [-0.2, 0) is 6.54 Å². The predicted octanol–water partition coefficient (Wildman–Crippen LogP) is 3.71. The van der Waals surface area contributed by atoms with Gasteiger partial charge in [0.2, 0.25) is 0 Å². The van der Waals surface area contributed by atoms with E-state index in [4.69, 9.17) is 4.74 Å². The molecule has 18 heavy (non-hydrogen) atoms. The van der Waals surface area contributed by atoms with Crippen molar-refractivity contribution in [3.8, 4) is 5.75 Å². The van der Waals surface area contributed by atoms with Gasteiger partial charge in [-0.3, -0.25) is 0 Å². The van der Waals surface area contributed by atoms with Gasteiger partial charge in [0.1, 0.15) is 5.75 Å². The van der Waals surface area contributed by atoms with Crippen LogP contribution in [0.2, 0.25) is 0 Å². The van der Waals surface area contributed by atoms with Crippen LogP contribution in [0.25, 0.3) is 0 Å². The minimum atomic E-state index is 0.230. The lowest BCUT2D eigenvalue weighted by molar-refractivity contribution is 0.242. The summed E-state index contributed by atoms with van der Waals surface area (Å²) in [5, 5.41) is 3.59. The number of hydrogen-bond donors (Lipinski definition) is 1. The van der Waals surface area contributed by atoms with E-state index in [1.54, 1.807) is 0 Å². The quantitative estimate of drug-likeness (QED) is 0.776. The maximum absolute atomic E-state index is 5.70. The van der Waals surface area contributed by atoms with Gasteiger partial charge in [-0.15, -0.1) is 0 Å². The first kappa shape index (κ1) is 15.4. The van der Waals surface area contributed by atoms with Gasteiger partial charge in [0, 0.05) is 18.3 Å². The highest BCUT2D eigenvalue weighted by molar-refractivity contribution is 7.98. The molecule has 1 unspecified atom stereocenters. The first-order chi connectivity index (χ1) is 8.65. The average Bonchev–Trinajstić information content (AvgIpc) is 2.34. The molecule has 1 aromatic rings. The molecule has 0 aliphatic rings. The van der Waals surface area contributed by atoms with Gasteiger partial charge in [-0.2, -0.15) is 11.8 Å². The third-order valence-electron chi connectivity index (χ3n) is 2.73. The van der Waals surface area contributed by atoms with Gasteiger partial charge in [-0.05, 0) is 44.2 Å². The SMILES string of the molecule is CCC(CSC)NCc1cccc(OC(C)C)c1. The fourth-order valence-corrected chi connectivity index (χ4v) is 2.54. The van der Waals surface area contributed by atoms with E-state index in [0.717, 1.165) is 12.3 Å². The summed E-state index contributed by atoms with van der Waals surface area (Å²) in [5.41, 5.74) is 1.28. The molecule has 0 saturated heterocycles. The highest BCUT2D eigenvalue weighted by Crippen LogP contribution is 2.15. The zero-order valence-corrected chi connectivity index (χ0v) is 12.7. The van der Waals surface area contributed by atoms with E-state index in [1.807, 2.05) is 17.8 Å². The Hall–Kier alpha value is -0.670. The van der Waals surface area contributed by atoms with E-state index in [9.17, 15) is 0 Å². The summed E-state index contributed by atoms with van der Waals surface area (Å²) in [6.07, 6.45) is 3.55. The molecule has 1 rings (SSSR count). The van der Waals surface area contributed by atoms with Crippen LogP contribution in [0, 0.1) is 0 Å². The molecule has 1 aromatic carbocycles. The van der Waals surface area contributed by atoms with Crippen LogP contribution in [0.1, 0.15) is 32.8 Å². The van der Waals surface area contributed by atoms with E-state index in [2.05, 4.69) is 50.5 Å². The molecule has 0 amide bonds. The lowest BCUT2D eigenvalue weighted by atomic mass is 10.2. The van der Waals surface area contributed by atoms with Crippen LogP contribution in [0.4, 0.5) is 0 Å². The molecule has 0 fully saturated rings. The third-order valence-corrected chi connectivity index (χ3v) is 3.46. The van der Waals surface area contributed by atoms with Gasteiger partial charge in [0.05, 0.1) is 6.10 Å². The smallest absolute Gasteiger partial charge is 0.120 e. The highest BCUT2D eigenvalue weighted by atomic mass is 32.2. The Morgan fingerprint density at radius 2 is 2.11 bits per heavy atom. The van der Waals surface area contributed by atoms with E-state index < -0.39 is 0 Å². The topological polar surface area (TPSA) is 21.3 Å². The van der Waals surface area contributed by atoms with E-state index in [-0.39, 0.29) is 6.10 Å². The van der Waals surface area contributed by atoms with Crippen molar-refractivity contribution in [2.75, 3.05) is 12.0 Å². The van der Waals surface area contributed by atoms with Crippen molar-refractivity contribution in [3.05, 3.63) is 29.8 Å². The molecule has 0 heterocycles. The predicted molar refractivity (Wildman–Crippen MR) is 81.5 cm³/mol. The Morgan fingerprint density at radius 3 is 2.72 bits per heavy atom. The molecule has 0 aliphatic carbocycles. The fourth-order valence-electron chi connectivity index (χ4n) is 1.79. The molecule has 1 N–H and O–H groups in total. The monoisotopic (exact) mass is 267 g/mol. The minimum Gasteiger partial charge on any atom is -0.491 e. The number of benzene rings is 1. The summed E-state index contributed by atoms with van der Waals surface area (Å²) in [6, 6.07) is 8.94. The van der Waals surface area contributed by atoms with Crippen molar-refractivity contribution in [3.63, 3.8) is 0 Å². The molecule has 0 radical (unpaired) electrons. The van der Waals surface area contributed by atoms with Crippen molar-refractivity contribution in [2.45, 2.75) is 45.9 Å². The Bertz CT molecular complexity index is 341. The highest BCUT2D eigenvalue weighted by Gasteiger charge is 2.05. The summed E-state index contributed by atoms with van der Waals surface area (Å²) in [7, 11) is 0. The first-order valence-electron chi connectivity index (χ1n) is 6.63. The number of rotatable bonds is 8. The van der Waals surface area contributed by atoms with E-state index >= 15 is 0 Å². The lowest BCUT2D eigenvalue weighted by Crippen LogP contribution is -2.30. The second-order valence-electron chi connectivity index (χ2n) is 4.76.